The summed E-state index contributed by atoms with van der Waals surface area (Å²) < 4.78 is 1.93. The molecule has 1 unspecified atom stereocenters. The SMILES string of the molecule is CCCSCC(N)c1c(Cl)cnn1CCN(C)C. The molecule has 1 rings (SSSR count). The Bertz CT molecular complexity index is 354. The smallest absolute Gasteiger partial charge is 0.0834 e. The van der Waals surface area contributed by atoms with E-state index in [1.54, 1.807) is 6.20 Å². The molecule has 0 aliphatic rings. The number of hydrogen-bond acceptors (Lipinski definition) is 4. The van der Waals surface area contributed by atoms with Gasteiger partial charge in [-0.2, -0.15) is 16.9 Å². The van der Waals surface area contributed by atoms with Gasteiger partial charge in [-0.3, -0.25) is 4.68 Å². The van der Waals surface area contributed by atoms with E-state index in [1.807, 2.05) is 30.5 Å². The van der Waals surface area contributed by atoms with Crippen LogP contribution in [-0.2, 0) is 6.54 Å². The first-order valence-electron chi connectivity index (χ1n) is 6.25. The number of hydrogen-bond donors (Lipinski definition) is 1. The molecule has 1 atom stereocenters. The van der Waals surface area contributed by atoms with Crippen molar-refractivity contribution in [1.29, 1.82) is 0 Å². The summed E-state index contributed by atoms with van der Waals surface area (Å²) in [5, 5.41) is 4.98. The molecule has 1 aromatic heterocycles. The van der Waals surface area contributed by atoms with Crippen molar-refractivity contribution in [3.63, 3.8) is 0 Å². The van der Waals surface area contributed by atoms with E-state index >= 15 is 0 Å². The van der Waals surface area contributed by atoms with E-state index < -0.39 is 0 Å². The van der Waals surface area contributed by atoms with E-state index in [0.717, 1.165) is 30.3 Å². The predicted octanol–water partition coefficient (Wildman–Crippen LogP) is 2.24. The molecule has 0 saturated heterocycles. The van der Waals surface area contributed by atoms with Gasteiger partial charge in [0.15, 0.2) is 0 Å². The van der Waals surface area contributed by atoms with Gasteiger partial charge in [-0.1, -0.05) is 18.5 Å². The zero-order valence-electron chi connectivity index (χ0n) is 11.4. The molecule has 1 aromatic rings. The number of nitrogens with zero attached hydrogens (tertiary/aromatic N) is 3. The van der Waals surface area contributed by atoms with Crippen molar-refractivity contribution in [1.82, 2.24) is 14.7 Å². The fraction of sp³-hybridized carbons (Fsp3) is 0.750. The monoisotopic (exact) mass is 290 g/mol. The molecule has 0 radical (unpaired) electrons. The minimum atomic E-state index is -0.0429. The molecule has 0 amide bonds. The molecule has 0 aliphatic carbocycles. The molecule has 18 heavy (non-hydrogen) atoms. The van der Waals surface area contributed by atoms with Crippen molar-refractivity contribution in [3.8, 4) is 0 Å². The van der Waals surface area contributed by atoms with E-state index in [2.05, 4.69) is 16.9 Å². The van der Waals surface area contributed by atoms with E-state index in [9.17, 15) is 0 Å². The van der Waals surface area contributed by atoms with Crippen molar-refractivity contribution >= 4 is 23.4 Å². The van der Waals surface area contributed by atoms with Crippen LogP contribution in [0.1, 0.15) is 25.1 Å². The van der Waals surface area contributed by atoms with Crippen molar-refractivity contribution in [2.24, 2.45) is 5.73 Å². The molecule has 1 heterocycles. The number of likely N-dealkylation sites (N-methyl/N-ethyl adjacent to an activating group) is 1. The maximum Gasteiger partial charge on any atom is 0.0834 e. The summed E-state index contributed by atoms with van der Waals surface area (Å²) in [6.45, 7) is 3.92. The van der Waals surface area contributed by atoms with Crippen LogP contribution in [-0.4, -0.2) is 46.8 Å². The van der Waals surface area contributed by atoms with Crippen LogP contribution in [0.2, 0.25) is 5.02 Å². The third kappa shape index (κ3) is 4.80. The van der Waals surface area contributed by atoms with Crippen LogP contribution in [0.15, 0.2) is 6.20 Å². The Balaban J connectivity index is 2.64. The Kier molecular flexibility index (Phi) is 7.07. The molecular weight excluding hydrogens is 268 g/mol. The fourth-order valence-corrected chi connectivity index (χ4v) is 2.80. The van der Waals surface area contributed by atoms with Gasteiger partial charge in [0.1, 0.15) is 0 Å². The predicted molar refractivity (Wildman–Crippen MR) is 80.3 cm³/mol. The first-order valence-corrected chi connectivity index (χ1v) is 7.78. The molecule has 0 aliphatic heterocycles. The highest BCUT2D eigenvalue weighted by Gasteiger charge is 2.16. The van der Waals surface area contributed by atoms with E-state index in [4.69, 9.17) is 17.3 Å². The highest BCUT2D eigenvalue weighted by Crippen LogP contribution is 2.24. The highest BCUT2D eigenvalue weighted by atomic mass is 35.5. The van der Waals surface area contributed by atoms with E-state index in [-0.39, 0.29) is 6.04 Å². The Morgan fingerprint density at radius 3 is 2.89 bits per heavy atom. The van der Waals surface area contributed by atoms with Gasteiger partial charge in [0.25, 0.3) is 0 Å². The largest absolute Gasteiger partial charge is 0.322 e. The maximum atomic E-state index is 6.21. The van der Waals surface area contributed by atoms with Crippen molar-refractivity contribution in [3.05, 3.63) is 16.9 Å². The Hall–Kier alpha value is -0.230. The second-order valence-corrected chi connectivity index (χ2v) is 6.14. The van der Waals surface area contributed by atoms with Gasteiger partial charge in [0, 0.05) is 12.3 Å². The minimum absolute atomic E-state index is 0.0429. The first-order chi connectivity index (χ1) is 8.56. The topological polar surface area (TPSA) is 47.1 Å². The molecule has 0 spiro atoms. The lowest BCUT2D eigenvalue weighted by molar-refractivity contribution is 0.367. The van der Waals surface area contributed by atoms with Gasteiger partial charge in [-0.05, 0) is 26.3 Å². The highest BCUT2D eigenvalue weighted by molar-refractivity contribution is 7.99. The summed E-state index contributed by atoms with van der Waals surface area (Å²) in [6, 6.07) is -0.0429. The zero-order valence-corrected chi connectivity index (χ0v) is 13.0. The molecule has 0 aromatic carbocycles. The van der Waals surface area contributed by atoms with Gasteiger partial charge < -0.3 is 10.6 Å². The standard InChI is InChI=1S/C12H23ClN4S/c1-4-7-18-9-11(14)12-10(13)8-15-17(12)6-5-16(2)3/h8,11H,4-7,9,14H2,1-3H3. The molecule has 0 bridgehead atoms. The lowest BCUT2D eigenvalue weighted by Gasteiger charge is -2.16. The number of nitrogens with two attached hydrogens (primary N) is 1. The Morgan fingerprint density at radius 2 is 2.28 bits per heavy atom. The molecule has 6 heteroatoms. The summed E-state index contributed by atoms with van der Waals surface area (Å²) in [5.74, 6) is 2.03. The Morgan fingerprint density at radius 1 is 1.56 bits per heavy atom. The van der Waals surface area contributed by atoms with Crippen molar-refractivity contribution in [2.75, 3.05) is 32.1 Å². The maximum absolute atomic E-state index is 6.21. The van der Waals surface area contributed by atoms with Crippen LogP contribution >= 0.6 is 23.4 Å². The van der Waals surface area contributed by atoms with Crippen LogP contribution in [0.25, 0.3) is 0 Å². The van der Waals surface area contributed by atoms with Gasteiger partial charge in [-0.25, -0.2) is 0 Å². The van der Waals surface area contributed by atoms with Gasteiger partial charge in [-0.15, -0.1) is 0 Å². The summed E-state index contributed by atoms with van der Waals surface area (Å²) >= 11 is 8.05. The summed E-state index contributed by atoms with van der Waals surface area (Å²) in [5.41, 5.74) is 7.17. The fourth-order valence-electron chi connectivity index (χ4n) is 1.65. The van der Waals surface area contributed by atoms with Crippen LogP contribution in [0.4, 0.5) is 0 Å². The number of aromatic nitrogens is 2. The summed E-state index contributed by atoms with van der Waals surface area (Å²) in [6.07, 6.45) is 2.86. The zero-order chi connectivity index (χ0) is 13.5. The quantitative estimate of drug-likeness (QED) is 0.746. The molecule has 0 fully saturated rings. The average Bonchev–Trinajstić information content (AvgIpc) is 2.68. The summed E-state index contributed by atoms with van der Waals surface area (Å²) in [4.78, 5) is 2.12. The number of rotatable bonds is 8. The van der Waals surface area contributed by atoms with Crippen LogP contribution in [0.5, 0.6) is 0 Å². The molecule has 0 saturated carbocycles. The average molecular weight is 291 g/mol. The van der Waals surface area contributed by atoms with Gasteiger partial charge in [0.2, 0.25) is 0 Å². The van der Waals surface area contributed by atoms with E-state index in [0.29, 0.717) is 5.02 Å². The van der Waals surface area contributed by atoms with Crippen molar-refractivity contribution < 1.29 is 0 Å². The molecular formula is C12H23ClN4S. The van der Waals surface area contributed by atoms with Crippen LogP contribution in [0.3, 0.4) is 0 Å². The second-order valence-electron chi connectivity index (χ2n) is 4.59. The lowest BCUT2D eigenvalue weighted by atomic mass is 10.2. The minimum Gasteiger partial charge on any atom is -0.322 e. The second kappa shape index (κ2) is 8.04. The molecule has 2 N–H and O–H groups in total. The van der Waals surface area contributed by atoms with Crippen LogP contribution < -0.4 is 5.73 Å². The molecule has 4 nitrogen and oxygen atoms in total. The van der Waals surface area contributed by atoms with Crippen molar-refractivity contribution in [2.45, 2.75) is 25.9 Å². The van der Waals surface area contributed by atoms with Gasteiger partial charge >= 0.3 is 0 Å². The molecule has 104 valence electrons. The normalized spacial score (nSPS) is 13.2. The van der Waals surface area contributed by atoms with Crippen LogP contribution in [0, 0.1) is 0 Å². The summed E-state index contributed by atoms with van der Waals surface area (Å²) in [7, 11) is 4.09. The number of thioether (sulfide) groups is 1. The first kappa shape index (κ1) is 15.8. The third-order valence-corrected chi connectivity index (χ3v) is 4.17. The number of halogens is 1. The lowest BCUT2D eigenvalue weighted by Crippen LogP contribution is -2.24. The van der Waals surface area contributed by atoms with E-state index in [1.165, 1.54) is 6.42 Å². The van der Waals surface area contributed by atoms with Gasteiger partial charge in [0.05, 0.1) is 29.5 Å². The Labute approximate surface area is 119 Å². The third-order valence-electron chi connectivity index (χ3n) is 2.59.